The molecule has 3 aromatic heterocycles. The fraction of sp³-hybridized carbons (Fsp3) is 0.0800. The van der Waals surface area contributed by atoms with Crippen LogP contribution in [-0.2, 0) is 23.1 Å². The van der Waals surface area contributed by atoms with Crippen LogP contribution in [0.15, 0.2) is 102 Å². The molecule has 0 saturated heterocycles. The fourth-order valence-corrected chi connectivity index (χ4v) is 5.01. The molecule has 0 aliphatic rings. The van der Waals surface area contributed by atoms with Crippen molar-refractivity contribution in [3.63, 3.8) is 0 Å². The van der Waals surface area contributed by atoms with Crippen molar-refractivity contribution in [2.45, 2.75) is 18.0 Å². The Hall–Kier alpha value is -3.88. The number of pyridine rings is 2. The smallest absolute Gasteiger partial charge is 0.243 e. The monoisotopic (exact) mass is 455 g/mol. The second kappa shape index (κ2) is 8.93. The molecule has 0 unspecified atom stereocenters. The molecule has 2 aromatic carbocycles. The van der Waals surface area contributed by atoms with Gasteiger partial charge in [0.15, 0.2) is 0 Å². The molecule has 7 nitrogen and oxygen atoms in total. The van der Waals surface area contributed by atoms with Crippen LogP contribution in [0.2, 0.25) is 0 Å². The van der Waals surface area contributed by atoms with Gasteiger partial charge in [-0.3, -0.25) is 9.97 Å². The van der Waals surface area contributed by atoms with Gasteiger partial charge in [-0.05, 0) is 42.5 Å². The maximum absolute atomic E-state index is 13.7. The molecule has 0 atom stereocenters. The molecule has 0 bridgehead atoms. The Bertz CT molecular complexity index is 1430. The molecule has 0 amide bonds. The zero-order chi connectivity index (χ0) is 22.7. The zero-order valence-electron chi connectivity index (χ0n) is 17.7. The number of aromatic nitrogens is 4. The van der Waals surface area contributed by atoms with E-state index in [0.717, 1.165) is 5.56 Å². The number of sulfonamides is 1. The van der Waals surface area contributed by atoms with Gasteiger partial charge in [-0.1, -0.05) is 42.5 Å². The summed E-state index contributed by atoms with van der Waals surface area (Å²) in [4.78, 5) is 16.7. The lowest BCUT2D eigenvalue weighted by atomic mass is 10.2. The first-order valence-corrected chi connectivity index (χ1v) is 11.9. The lowest BCUT2D eigenvalue weighted by Crippen LogP contribution is -2.31. The van der Waals surface area contributed by atoms with Crippen molar-refractivity contribution in [3.05, 3.63) is 109 Å². The number of fused-ring (bicyclic) bond motifs is 1. The first kappa shape index (κ1) is 21.0. The first-order chi connectivity index (χ1) is 16.1. The molecule has 1 N–H and O–H groups in total. The highest BCUT2D eigenvalue weighted by Gasteiger charge is 2.26. The van der Waals surface area contributed by atoms with Gasteiger partial charge < -0.3 is 4.98 Å². The predicted octanol–water partition coefficient (Wildman–Crippen LogP) is 4.41. The van der Waals surface area contributed by atoms with E-state index in [2.05, 4.69) is 19.9 Å². The lowest BCUT2D eigenvalue weighted by Gasteiger charge is -2.21. The van der Waals surface area contributed by atoms with Gasteiger partial charge in [0.25, 0.3) is 0 Å². The Labute approximate surface area is 191 Å². The van der Waals surface area contributed by atoms with Crippen LogP contribution < -0.4 is 0 Å². The minimum atomic E-state index is -3.84. The van der Waals surface area contributed by atoms with Crippen LogP contribution in [-0.4, -0.2) is 32.7 Å². The Morgan fingerprint density at radius 2 is 1.39 bits per heavy atom. The van der Waals surface area contributed by atoms with Gasteiger partial charge in [-0.25, -0.2) is 13.4 Å². The Balaban J connectivity index is 1.52. The molecule has 0 fully saturated rings. The van der Waals surface area contributed by atoms with Crippen molar-refractivity contribution in [2.24, 2.45) is 0 Å². The molecular weight excluding hydrogens is 434 g/mol. The summed E-state index contributed by atoms with van der Waals surface area (Å²) in [7, 11) is -3.84. The van der Waals surface area contributed by atoms with Gasteiger partial charge in [-0.15, -0.1) is 0 Å². The molecule has 0 saturated carbocycles. The molecule has 33 heavy (non-hydrogen) atoms. The summed E-state index contributed by atoms with van der Waals surface area (Å²) in [5, 5.41) is 0. The topological polar surface area (TPSA) is 91.8 Å². The van der Waals surface area contributed by atoms with E-state index in [9.17, 15) is 8.42 Å². The Morgan fingerprint density at radius 1 is 0.758 bits per heavy atom. The number of nitrogens with zero attached hydrogens (tertiary/aromatic N) is 4. The third-order valence-electron chi connectivity index (χ3n) is 5.27. The number of imidazole rings is 1. The summed E-state index contributed by atoms with van der Waals surface area (Å²) in [6.45, 7) is 0.270. The third kappa shape index (κ3) is 4.52. The molecule has 5 rings (SSSR count). The van der Waals surface area contributed by atoms with Crippen LogP contribution >= 0.6 is 0 Å². The van der Waals surface area contributed by atoms with E-state index in [-0.39, 0.29) is 18.0 Å². The van der Waals surface area contributed by atoms with Gasteiger partial charge >= 0.3 is 0 Å². The van der Waals surface area contributed by atoms with Crippen LogP contribution in [0.25, 0.3) is 22.4 Å². The number of hydrogen-bond acceptors (Lipinski definition) is 5. The normalized spacial score (nSPS) is 11.8. The standard InChI is InChI=1S/C25H21N5O2S/c31-33(32,30(17-20-10-4-6-14-26-20)18-21-11-5-7-15-27-21)22-12-13-23-24(16-22)29-25(28-23)19-8-2-1-3-9-19/h1-16H,17-18H2,(H,28,29). The largest absolute Gasteiger partial charge is 0.338 e. The van der Waals surface area contributed by atoms with Crippen LogP contribution in [0, 0.1) is 0 Å². The molecule has 0 spiro atoms. The SMILES string of the molecule is O=S(=O)(c1ccc2nc(-c3ccccc3)[nH]c2c1)N(Cc1ccccn1)Cc1ccccn1. The van der Waals surface area contributed by atoms with E-state index >= 15 is 0 Å². The quantitative estimate of drug-likeness (QED) is 0.392. The van der Waals surface area contributed by atoms with Gasteiger partial charge in [0, 0.05) is 18.0 Å². The summed E-state index contributed by atoms with van der Waals surface area (Å²) in [6.07, 6.45) is 3.31. The van der Waals surface area contributed by atoms with Crippen molar-refractivity contribution in [3.8, 4) is 11.4 Å². The maximum atomic E-state index is 13.7. The minimum Gasteiger partial charge on any atom is -0.338 e. The molecule has 8 heteroatoms. The van der Waals surface area contributed by atoms with Crippen molar-refractivity contribution < 1.29 is 8.42 Å². The van der Waals surface area contributed by atoms with Gasteiger partial charge in [0.1, 0.15) is 5.82 Å². The third-order valence-corrected chi connectivity index (χ3v) is 7.06. The predicted molar refractivity (Wildman–Crippen MR) is 126 cm³/mol. The number of rotatable bonds is 7. The number of hydrogen-bond donors (Lipinski definition) is 1. The lowest BCUT2D eigenvalue weighted by molar-refractivity contribution is 0.393. The molecule has 0 aliphatic heterocycles. The molecule has 164 valence electrons. The van der Waals surface area contributed by atoms with E-state index in [0.29, 0.717) is 28.2 Å². The summed E-state index contributed by atoms with van der Waals surface area (Å²) >= 11 is 0. The second-order valence-electron chi connectivity index (χ2n) is 7.55. The van der Waals surface area contributed by atoms with Gasteiger partial charge in [0.2, 0.25) is 10.0 Å². The molecular formula is C25H21N5O2S. The minimum absolute atomic E-state index is 0.135. The van der Waals surface area contributed by atoms with E-state index < -0.39 is 10.0 Å². The molecule has 3 heterocycles. The average Bonchev–Trinajstić information content (AvgIpc) is 3.29. The van der Waals surface area contributed by atoms with Crippen molar-refractivity contribution in [2.75, 3.05) is 0 Å². The highest BCUT2D eigenvalue weighted by Crippen LogP contribution is 2.26. The van der Waals surface area contributed by atoms with Gasteiger partial charge in [0.05, 0.1) is 40.4 Å². The summed E-state index contributed by atoms with van der Waals surface area (Å²) in [5.41, 5.74) is 3.61. The van der Waals surface area contributed by atoms with E-state index in [1.807, 2.05) is 54.6 Å². The molecule has 0 radical (unpaired) electrons. The second-order valence-corrected chi connectivity index (χ2v) is 9.48. The number of aromatic amines is 1. The first-order valence-electron chi connectivity index (χ1n) is 10.4. The van der Waals surface area contributed by atoms with Crippen LogP contribution in [0.5, 0.6) is 0 Å². The Morgan fingerprint density at radius 3 is 2.00 bits per heavy atom. The van der Waals surface area contributed by atoms with Crippen molar-refractivity contribution in [1.82, 2.24) is 24.2 Å². The van der Waals surface area contributed by atoms with E-state index in [1.54, 1.807) is 42.7 Å². The summed E-state index contributed by atoms with van der Waals surface area (Å²) in [6, 6.07) is 25.6. The summed E-state index contributed by atoms with van der Waals surface area (Å²) < 4.78 is 28.8. The molecule has 5 aromatic rings. The maximum Gasteiger partial charge on any atom is 0.243 e. The zero-order valence-corrected chi connectivity index (χ0v) is 18.5. The van der Waals surface area contributed by atoms with E-state index in [1.165, 1.54) is 4.31 Å². The number of H-pyrrole nitrogens is 1. The highest BCUT2D eigenvalue weighted by molar-refractivity contribution is 7.89. The van der Waals surface area contributed by atoms with Crippen LogP contribution in [0.3, 0.4) is 0 Å². The highest BCUT2D eigenvalue weighted by atomic mass is 32.2. The molecule has 0 aliphatic carbocycles. The van der Waals surface area contributed by atoms with Crippen LogP contribution in [0.1, 0.15) is 11.4 Å². The van der Waals surface area contributed by atoms with Crippen molar-refractivity contribution in [1.29, 1.82) is 0 Å². The number of benzene rings is 2. The summed E-state index contributed by atoms with van der Waals surface area (Å²) in [5.74, 6) is 0.693. The van der Waals surface area contributed by atoms with E-state index in [4.69, 9.17) is 0 Å². The van der Waals surface area contributed by atoms with Gasteiger partial charge in [-0.2, -0.15) is 4.31 Å². The van der Waals surface area contributed by atoms with Crippen LogP contribution in [0.4, 0.5) is 0 Å². The Kier molecular flexibility index (Phi) is 5.68. The fourth-order valence-electron chi connectivity index (χ4n) is 3.60. The van der Waals surface area contributed by atoms with Crippen molar-refractivity contribution >= 4 is 21.1 Å². The average molecular weight is 456 g/mol. The number of nitrogens with one attached hydrogen (secondary N) is 1.